The van der Waals surface area contributed by atoms with Crippen LogP contribution in [-0.2, 0) is 6.54 Å². The van der Waals surface area contributed by atoms with Crippen LogP contribution in [-0.4, -0.2) is 0 Å². The first-order valence-electron chi connectivity index (χ1n) is 5.02. The average Bonchev–Trinajstić information content (AvgIpc) is 2.32. The van der Waals surface area contributed by atoms with E-state index in [1.807, 2.05) is 30.3 Å². The van der Waals surface area contributed by atoms with Gasteiger partial charge in [-0.05, 0) is 35.9 Å². The minimum Gasteiger partial charge on any atom is -0.381 e. The predicted octanol–water partition coefficient (Wildman–Crippen LogP) is 4.35. The second kappa shape index (κ2) is 5.41. The average molecular weight is 294 g/mol. The molecule has 0 saturated carbocycles. The highest BCUT2D eigenvalue weighted by atomic mass is 79.9. The summed E-state index contributed by atoms with van der Waals surface area (Å²) in [4.78, 5) is 1.01. The largest absolute Gasteiger partial charge is 0.381 e. The highest BCUT2D eigenvalue weighted by molar-refractivity contribution is 9.10. The first kappa shape index (κ1) is 11.6. The summed E-state index contributed by atoms with van der Waals surface area (Å²) in [7, 11) is 0. The van der Waals surface area contributed by atoms with Crippen molar-refractivity contribution in [3.63, 3.8) is 0 Å². The topological polar surface area (TPSA) is 12.0 Å². The Morgan fingerprint density at radius 3 is 2.56 bits per heavy atom. The van der Waals surface area contributed by atoms with Gasteiger partial charge in [0.15, 0.2) is 0 Å². The van der Waals surface area contributed by atoms with Gasteiger partial charge in [0.05, 0.1) is 0 Å². The van der Waals surface area contributed by atoms with E-state index < -0.39 is 0 Å². The van der Waals surface area contributed by atoms with Crippen molar-refractivity contribution >= 4 is 34.2 Å². The van der Waals surface area contributed by atoms with Crippen LogP contribution in [0.5, 0.6) is 0 Å². The second-order valence-corrected chi connectivity index (χ2v) is 4.89. The van der Waals surface area contributed by atoms with Crippen LogP contribution in [0.25, 0.3) is 0 Å². The molecule has 1 nitrogen and oxygen atoms in total. The number of hydrogen-bond acceptors (Lipinski definition) is 2. The number of hydrogen-bond donors (Lipinski definition) is 2. The van der Waals surface area contributed by atoms with Crippen LogP contribution in [0.4, 0.5) is 5.69 Å². The Morgan fingerprint density at radius 2 is 1.81 bits per heavy atom. The molecule has 0 bridgehead atoms. The molecule has 2 rings (SSSR count). The van der Waals surface area contributed by atoms with E-state index >= 15 is 0 Å². The van der Waals surface area contributed by atoms with Gasteiger partial charge in [0.1, 0.15) is 0 Å². The molecule has 82 valence electrons. The summed E-state index contributed by atoms with van der Waals surface area (Å²) in [5, 5.41) is 3.36. The number of halogens is 1. The Kier molecular flexibility index (Phi) is 3.91. The maximum Gasteiger partial charge on any atom is 0.0412 e. The quantitative estimate of drug-likeness (QED) is 0.802. The molecule has 16 heavy (non-hydrogen) atoms. The first-order chi connectivity index (χ1) is 7.75. The number of rotatable bonds is 3. The molecule has 0 aromatic heterocycles. The minimum atomic E-state index is 0.780. The zero-order chi connectivity index (χ0) is 11.4. The van der Waals surface area contributed by atoms with Crippen LogP contribution in [0.1, 0.15) is 5.56 Å². The first-order valence-corrected chi connectivity index (χ1v) is 6.26. The van der Waals surface area contributed by atoms with Gasteiger partial charge < -0.3 is 5.32 Å². The van der Waals surface area contributed by atoms with Crippen molar-refractivity contribution in [1.29, 1.82) is 0 Å². The number of thiol groups is 1. The summed E-state index contributed by atoms with van der Waals surface area (Å²) in [5.74, 6) is 0. The molecule has 0 fully saturated rings. The number of benzene rings is 2. The molecule has 0 unspecified atom stereocenters. The summed E-state index contributed by atoms with van der Waals surface area (Å²) >= 11 is 7.89. The summed E-state index contributed by atoms with van der Waals surface area (Å²) in [6, 6.07) is 16.2. The lowest BCUT2D eigenvalue weighted by molar-refractivity contribution is 1.09. The van der Waals surface area contributed by atoms with E-state index in [-0.39, 0.29) is 0 Å². The zero-order valence-corrected chi connectivity index (χ0v) is 11.1. The molecule has 2 aromatic carbocycles. The van der Waals surface area contributed by atoms with Crippen molar-refractivity contribution < 1.29 is 0 Å². The van der Waals surface area contributed by atoms with E-state index in [4.69, 9.17) is 0 Å². The molecule has 0 spiro atoms. The number of nitrogens with one attached hydrogen (secondary N) is 1. The van der Waals surface area contributed by atoms with Gasteiger partial charge in [0.2, 0.25) is 0 Å². The lowest BCUT2D eigenvalue weighted by Crippen LogP contribution is -1.99. The van der Waals surface area contributed by atoms with Gasteiger partial charge in [-0.25, -0.2) is 0 Å². The molecule has 0 radical (unpaired) electrons. The molecule has 0 aliphatic carbocycles. The SMILES string of the molecule is Sc1ccc(Br)cc1CNc1ccccc1. The molecular formula is C13H12BrNS. The van der Waals surface area contributed by atoms with Crippen LogP contribution in [0.2, 0.25) is 0 Å². The van der Waals surface area contributed by atoms with Gasteiger partial charge in [-0.2, -0.15) is 0 Å². The summed E-state index contributed by atoms with van der Waals surface area (Å²) in [6.45, 7) is 0.780. The summed E-state index contributed by atoms with van der Waals surface area (Å²) in [6.07, 6.45) is 0. The Balaban J connectivity index is 2.08. The van der Waals surface area contributed by atoms with E-state index in [9.17, 15) is 0 Å². The molecule has 0 heterocycles. The van der Waals surface area contributed by atoms with E-state index in [0.717, 1.165) is 21.6 Å². The highest BCUT2D eigenvalue weighted by Crippen LogP contribution is 2.20. The van der Waals surface area contributed by atoms with Crippen LogP contribution in [0, 0.1) is 0 Å². The van der Waals surface area contributed by atoms with Crippen molar-refractivity contribution in [2.45, 2.75) is 11.4 Å². The van der Waals surface area contributed by atoms with Gasteiger partial charge in [0, 0.05) is 21.6 Å². The van der Waals surface area contributed by atoms with Crippen molar-refractivity contribution in [3.05, 3.63) is 58.6 Å². The Morgan fingerprint density at radius 1 is 1.06 bits per heavy atom. The Labute approximate surface area is 109 Å². The fourth-order valence-electron chi connectivity index (χ4n) is 1.45. The molecule has 0 aliphatic heterocycles. The molecule has 0 atom stereocenters. The summed E-state index contributed by atoms with van der Waals surface area (Å²) in [5.41, 5.74) is 2.30. The van der Waals surface area contributed by atoms with Crippen LogP contribution in [0.3, 0.4) is 0 Å². The maximum absolute atomic E-state index is 4.43. The Hall–Kier alpha value is -0.930. The molecule has 2 aromatic rings. The van der Waals surface area contributed by atoms with Gasteiger partial charge in [-0.1, -0.05) is 34.1 Å². The fourth-order valence-corrected chi connectivity index (χ4v) is 2.08. The van der Waals surface area contributed by atoms with Crippen molar-refractivity contribution in [2.24, 2.45) is 0 Å². The van der Waals surface area contributed by atoms with Crippen molar-refractivity contribution in [2.75, 3.05) is 5.32 Å². The zero-order valence-electron chi connectivity index (χ0n) is 8.65. The molecule has 0 saturated heterocycles. The van der Waals surface area contributed by atoms with Crippen molar-refractivity contribution in [1.82, 2.24) is 0 Å². The van der Waals surface area contributed by atoms with Gasteiger partial charge >= 0.3 is 0 Å². The van der Waals surface area contributed by atoms with Gasteiger partial charge in [0.25, 0.3) is 0 Å². The van der Waals surface area contributed by atoms with E-state index in [0.29, 0.717) is 0 Å². The minimum absolute atomic E-state index is 0.780. The molecular weight excluding hydrogens is 282 g/mol. The monoisotopic (exact) mass is 293 g/mol. The van der Waals surface area contributed by atoms with Crippen molar-refractivity contribution in [3.8, 4) is 0 Å². The van der Waals surface area contributed by atoms with E-state index in [1.54, 1.807) is 0 Å². The highest BCUT2D eigenvalue weighted by Gasteiger charge is 1.99. The van der Waals surface area contributed by atoms with Gasteiger partial charge in [-0.15, -0.1) is 12.6 Å². The molecule has 3 heteroatoms. The van der Waals surface area contributed by atoms with Crippen LogP contribution in [0.15, 0.2) is 57.9 Å². The molecule has 0 amide bonds. The second-order valence-electron chi connectivity index (χ2n) is 3.49. The summed E-state index contributed by atoms with van der Waals surface area (Å²) < 4.78 is 1.08. The third-order valence-electron chi connectivity index (χ3n) is 2.30. The maximum atomic E-state index is 4.43. The third kappa shape index (κ3) is 3.03. The smallest absolute Gasteiger partial charge is 0.0412 e. The lowest BCUT2D eigenvalue weighted by atomic mass is 10.2. The Bertz CT molecular complexity index is 471. The van der Waals surface area contributed by atoms with Crippen LogP contribution >= 0.6 is 28.6 Å². The third-order valence-corrected chi connectivity index (χ3v) is 3.23. The van der Waals surface area contributed by atoms with E-state index in [1.165, 1.54) is 5.56 Å². The fraction of sp³-hybridized carbons (Fsp3) is 0.0769. The standard InChI is InChI=1S/C13H12BrNS/c14-11-6-7-13(16)10(8-11)9-15-12-4-2-1-3-5-12/h1-8,15-16H,9H2. The predicted molar refractivity (Wildman–Crippen MR) is 75.2 cm³/mol. The lowest BCUT2D eigenvalue weighted by Gasteiger charge is -2.08. The van der Waals surface area contributed by atoms with Gasteiger partial charge in [-0.3, -0.25) is 0 Å². The molecule has 1 N–H and O–H groups in total. The normalized spacial score (nSPS) is 10.1. The molecule has 0 aliphatic rings. The number of anilines is 1. The number of para-hydroxylation sites is 1. The van der Waals surface area contributed by atoms with Crippen LogP contribution < -0.4 is 5.32 Å². The van der Waals surface area contributed by atoms with E-state index in [2.05, 4.69) is 52.1 Å².